The van der Waals surface area contributed by atoms with Crippen molar-refractivity contribution in [3.8, 4) is 17.7 Å². The lowest BCUT2D eigenvalue weighted by molar-refractivity contribution is -0.114. The first-order valence-corrected chi connectivity index (χ1v) is 6.25. The Labute approximate surface area is 129 Å². The third-order valence-electron chi connectivity index (χ3n) is 2.47. The van der Waals surface area contributed by atoms with E-state index in [0.29, 0.717) is 11.3 Å². The van der Waals surface area contributed by atoms with Gasteiger partial charge in [0.25, 0.3) is 11.8 Å². The van der Waals surface area contributed by atoms with E-state index in [9.17, 15) is 9.18 Å². The van der Waals surface area contributed by atoms with Crippen LogP contribution in [0.15, 0.2) is 36.0 Å². The quantitative estimate of drug-likeness (QED) is 0.530. The predicted molar refractivity (Wildman–Crippen MR) is 76.3 cm³/mol. The lowest BCUT2D eigenvalue weighted by Gasteiger charge is -2.05. The second kappa shape index (κ2) is 6.65. The summed E-state index contributed by atoms with van der Waals surface area (Å²) in [6.45, 7) is 0. The highest BCUT2D eigenvalue weighted by atomic mass is 35.5. The van der Waals surface area contributed by atoms with Crippen LogP contribution in [0.2, 0.25) is 5.28 Å². The number of nitrogens with zero attached hydrogens (tertiary/aromatic N) is 3. The molecule has 0 saturated heterocycles. The summed E-state index contributed by atoms with van der Waals surface area (Å²) < 4.78 is 18.7. The van der Waals surface area contributed by atoms with Crippen LogP contribution in [0.25, 0.3) is 6.08 Å². The van der Waals surface area contributed by atoms with Gasteiger partial charge < -0.3 is 10.5 Å². The van der Waals surface area contributed by atoms with Gasteiger partial charge in [-0.15, -0.1) is 0 Å². The van der Waals surface area contributed by atoms with Crippen LogP contribution in [0, 0.1) is 17.1 Å². The Hall–Kier alpha value is -2.98. The van der Waals surface area contributed by atoms with Crippen molar-refractivity contribution >= 4 is 23.6 Å². The molecule has 2 aromatic rings. The van der Waals surface area contributed by atoms with E-state index >= 15 is 0 Å². The maximum atomic E-state index is 13.4. The minimum Gasteiger partial charge on any atom is -0.436 e. The summed E-state index contributed by atoms with van der Waals surface area (Å²) in [4.78, 5) is 18.0. The van der Waals surface area contributed by atoms with Crippen LogP contribution < -0.4 is 10.5 Å². The highest BCUT2D eigenvalue weighted by molar-refractivity contribution is 6.28. The van der Waals surface area contributed by atoms with Crippen molar-refractivity contribution in [2.24, 2.45) is 5.73 Å². The number of hydrogen-bond acceptors (Lipinski definition) is 5. The molecule has 1 aromatic carbocycles. The summed E-state index contributed by atoms with van der Waals surface area (Å²) in [6.07, 6.45) is 2.22. The van der Waals surface area contributed by atoms with Crippen LogP contribution >= 0.6 is 11.6 Å². The van der Waals surface area contributed by atoms with E-state index in [-0.39, 0.29) is 16.7 Å². The number of carbonyl (C=O) groups is 1. The summed E-state index contributed by atoms with van der Waals surface area (Å²) in [5.41, 5.74) is 5.42. The van der Waals surface area contributed by atoms with Crippen molar-refractivity contribution in [3.05, 3.63) is 52.7 Å². The fourth-order valence-electron chi connectivity index (χ4n) is 1.47. The van der Waals surface area contributed by atoms with E-state index in [0.717, 1.165) is 6.20 Å². The number of halogens is 2. The molecule has 0 aliphatic rings. The third kappa shape index (κ3) is 3.77. The smallest absolute Gasteiger partial charge is 0.260 e. The molecule has 0 spiro atoms. The Morgan fingerprint density at radius 3 is 2.68 bits per heavy atom. The van der Waals surface area contributed by atoms with Gasteiger partial charge in [0.1, 0.15) is 17.4 Å². The SMILES string of the molecule is N#C/C(=C\c1ccc(Oc2nc(Cl)ncc2F)cc1)C(N)=O. The first-order chi connectivity index (χ1) is 10.5. The van der Waals surface area contributed by atoms with Crippen molar-refractivity contribution in [1.82, 2.24) is 9.97 Å². The number of benzene rings is 1. The fraction of sp³-hybridized carbons (Fsp3) is 0. The van der Waals surface area contributed by atoms with Gasteiger partial charge in [-0.05, 0) is 35.4 Å². The Balaban J connectivity index is 2.21. The van der Waals surface area contributed by atoms with Gasteiger partial charge in [-0.25, -0.2) is 4.98 Å². The molecule has 6 nitrogen and oxygen atoms in total. The third-order valence-corrected chi connectivity index (χ3v) is 2.66. The van der Waals surface area contributed by atoms with Crippen molar-refractivity contribution in [2.75, 3.05) is 0 Å². The number of ether oxygens (including phenoxy) is 1. The van der Waals surface area contributed by atoms with E-state index in [2.05, 4.69) is 9.97 Å². The van der Waals surface area contributed by atoms with Crippen molar-refractivity contribution in [1.29, 1.82) is 5.26 Å². The molecule has 0 aliphatic heterocycles. The monoisotopic (exact) mass is 318 g/mol. The molecule has 2 rings (SSSR count). The van der Waals surface area contributed by atoms with E-state index in [1.54, 1.807) is 18.2 Å². The number of nitriles is 1. The summed E-state index contributed by atoms with van der Waals surface area (Å²) in [6, 6.07) is 7.85. The topological polar surface area (TPSA) is 102 Å². The molecule has 2 N–H and O–H groups in total. The molecule has 0 fully saturated rings. The number of aromatic nitrogens is 2. The van der Waals surface area contributed by atoms with Gasteiger partial charge in [0.2, 0.25) is 11.1 Å². The molecule has 1 aromatic heterocycles. The molecule has 8 heteroatoms. The number of primary amides is 1. The summed E-state index contributed by atoms with van der Waals surface area (Å²) in [7, 11) is 0. The second-order valence-electron chi connectivity index (χ2n) is 4.00. The van der Waals surface area contributed by atoms with Crippen LogP contribution in [0.5, 0.6) is 11.6 Å². The Morgan fingerprint density at radius 2 is 2.09 bits per heavy atom. The second-order valence-corrected chi connectivity index (χ2v) is 4.34. The first kappa shape index (κ1) is 15.4. The van der Waals surface area contributed by atoms with Crippen LogP contribution in [0.4, 0.5) is 4.39 Å². The van der Waals surface area contributed by atoms with Crippen molar-refractivity contribution < 1.29 is 13.9 Å². The van der Waals surface area contributed by atoms with Gasteiger partial charge in [0.15, 0.2) is 0 Å². The standard InChI is InChI=1S/C14H8ClFN4O2/c15-14-19-7-11(16)13(20-14)22-10-3-1-8(2-4-10)5-9(6-17)12(18)21/h1-5,7H,(H2,18,21)/b9-5+. The Morgan fingerprint density at radius 1 is 1.41 bits per heavy atom. The van der Waals surface area contributed by atoms with Crippen LogP contribution in [-0.4, -0.2) is 15.9 Å². The zero-order valence-electron chi connectivity index (χ0n) is 11.0. The number of hydrogen-bond donors (Lipinski definition) is 1. The minimum absolute atomic E-state index is 0.143. The van der Waals surface area contributed by atoms with Crippen molar-refractivity contribution in [3.63, 3.8) is 0 Å². The summed E-state index contributed by atoms with van der Waals surface area (Å²) >= 11 is 5.56. The van der Waals surface area contributed by atoms with E-state index in [4.69, 9.17) is 27.3 Å². The van der Waals surface area contributed by atoms with Gasteiger partial charge in [-0.2, -0.15) is 14.6 Å². The van der Waals surface area contributed by atoms with Crippen LogP contribution in [-0.2, 0) is 4.79 Å². The van der Waals surface area contributed by atoms with Crippen molar-refractivity contribution in [2.45, 2.75) is 0 Å². The molecule has 110 valence electrons. The average molecular weight is 319 g/mol. The van der Waals surface area contributed by atoms with Crippen LogP contribution in [0.1, 0.15) is 5.56 Å². The van der Waals surface area contributed by atoms with Gasteiger partial charge in [0, 0.05) is 0 Å². The molecule has 0 bridgehead atoms. The maximum absolute atomic E-state index is 13.4. The molecule has 0 saturated carbocycles. The number of amides is 1. The van der Waals surface area contributed by atoms with Gasteiger partial charge in [0.05, 0.1) is 6.20 Å². The molecule has 22 heavy (non-hydrogen) atoms. The molecule has 0 aliphatic carbocycles. The van der Waals surface area contributed by atoms with E-state index in [1.165, 1.54) is 18.2 Å². The molecular formula is C14H8ClFN4O2. The van der Waals surface area contributed by atoms with E-state index < -0.39 is 11.7 Å². The highest BCUT2D eigenvalue weighted by Gasteiger charge is 2.09. The highest BCUT2D eigenvalue weighted by Crippen LogP contribution is 2.23. The van der Waals surface area contributed by atoms with E-state index in [1.807, 2.05) is 0 Å². The molecule has 0 radical (unpaired) electrons. The summed E-state index contributed by atoms with van der Waals surface area (Å²) in [5, 5.41) is 8.61. The van der Waals surface area contributed by atoms with Crippen LogP contribution in [0.3, 0.4) is 0 Å². The molecule has 1 heterocycles. The summed E-state index contributed by atoms with van der Waals surface area (Å²) in [5.74, 6) is -1.59. The molecule has 0 atom stereocenters. The first-order valence-electron chi connectivity index (χ1n) is 5.87. The molecule has 0 unspecified atom stereocenters. The van der Waals surface area contributed by atoms with Gasteiger partial charge >= 0.3 is 0 Å². The minimum atomic E-state index is -0.819. The Bertz CT molecular complexity index is 784. The average Bonchev–Trinajstić information content (AvgIpc) is 2.50. The normalized spacial score (nSPS) is 10.9. The number of nitrogens with two attached hydrogens (primary N) is 1. The lowest BCUT2D eigenvalue weighted by Crippen LogP contribution is -2.12. The molecule has 1 amide bonds. The van der Waals surface area contributed by atoms with Gasteiger partial charge in [-0.3, -0.25) is 4.79 Å². The maximum Gasteiger partial charge on any atom is 0.260 e. The lowest BCUT2D eigenvalue weighted by atomic mass is 10.1. The number of rotatable bonds is 4. The fourth-order valence-corrected chi connectivity index (χ4v) is 1.60. The zero-order chi connectivity index (χ0) is 16.1. The largest absolute Gasteiger partial charge is 0.436 e. The predicted octanol–water partition coefficient (Wildman–Crippen LogP) is 2.45. The van der Waals surface area contributed by atoms with Gasteiger partial charge in [-0.1, -0.05) is 12.1 Å². The Kier molecular flexibility index (Phi) is 4.66. The zero-order valence-corrected chi connectivity index (χ0v) is 11.7. The molecular weight excluding hydrogens is 311 g/mol. The number of carbonyl (C=O) groups excluding carboxylic acids is 1.